The van der Waals surface area contributed by atoms with E-state index in [0.717, 1.165) is 25.7 Å². The first-order chi connectivity index (χ1) is 11.3. The third-order valence-electron chi connectivity index (χ3n) is 3.83. The van der Waals surface area contributed by atoms with Crippen LogP contribution in [0.3, 0.4) is 0 Å². The number of nitrogens with zero attached hydrogens (tertiary/aromatic N) is 1. The molecule has 2 aromatic rings. The molecule has 7 nitrogen and oxygen atoms in total. The number of thiazole rings is 1. The van der Waals surface area contributed by atoms with Gasteiger partial charge in [0.15, 0.2) is 5.13 Å². The number of rotatable bonds is 5. The van der Waals surface area contributed by atoms with Crippen LogP contribution in [0.2, 0.25) is 0 Å². The van der Waals surface area contributed by atoms with Crippen LogP contribution in [0.15, 0.2) is 21.6 Å². The van der Waals surface area contributed by atoms with E-state index in [1.807, 2.05) is 0 Å². The fraction of sp³-hybridized carbons (Fsp3) is 0.467. The Morgan fingerprint density at radius 2 is 2.04 bits per heavy atom. The Hall–Kier alpha value is -1.71. The number of hydrogen-bond acceptors (Lipinski definition) is 6. The maximum atomic E-state index is 12.4. The number of sulfonamides is 1. The van der Waals surface area contributed by atoms with E-state index in [9.17, 15) is 13.2 Å². The number of carbonyl (C=O) groups is 1. The molecule has 2 heterocycles. The van der Waals surface area contributed by atoms with E-state index >= 15 is 0 Å². The van der Waals surface area contributed by atoms with Crippen molar-refractivity contribution in [1.82, 2.24) is 9.71 Å². The molecule has 3 rings (SSSR count). The number of furan rings is 1. The topological polar surface area (TPSA) is 101 Å². The van der Waals surface area contributed by atoms with Crippen molar-refractivity contribution in [3.05, 3.63) is 17.8 Å². The largest absolute Gasteiger partial charge is 0.442 e. The van der Waals surface area contributed by atoms with Crippen molar-refractivity contribution in [2.24, 2.45) is 0 Å². The van der Waals surface area contributed by atoms with Crippen LogP contribution in [0.5, 0.6) is 0 Å². The number of amides is 1. The molecule has 1 aliphatic carbocycles. The molecular weight excluding hydrogens is 350 g/mol. The highest BCUT2D eigenvalue weighted by Crippen LogP contribution is 2.34. The van der Waals surface area contributed by atoms with E-state index in [1.54, 1.807) is 13.0 Å². The Labute approximate surface area is 144 Å². The molecule has 0 aliphatic heterocycles. The van der Waals surface area contributed by atoms with E-state index < -0.39 is 10.0 Å². The maximum absolute atomic E-state index is 12.4. The van der Waals surface area contributed by atoms with Gasteiger partial charge in [-0.25, -0.2) is 18.1 Å². The lowest BCUT2D eigenvalue weighted by Crippen LogP contribution is -2.32. The molecule has 0 unspecified atom stereocenters. The Kier molecular flexibility index (Phi) is 4.75. The summed E-state index contributed by atoms with van der Waals surface area (Å²) in [5, 5.41) is 2.98. The van der Waals surface area contributed by atoms with Crippen LogP contribution in [0, 0.1) is 6.92 Å². The maximum Gasteiger partial charge on any atom is 0.274 e. The fourth-order valence-electron chi connectivity index (χ4n) is 2.74. The first kappa shape index (κ1) is 17.1. The molecular formula is C15H19N3O4S2. The molecule has 0 bridgehead atoms. The van der Waals surface area contributed by atoms with Gasteiger partial charge < -0.3 is 9.73 Å². The van der Waals surface area contributed by atoms with E-state index in [2.05, 4.69) is 15.0 Å². The van der Waals surface area contributed by atoms with Gasteiger partial charge in [-0.05, 0) is 31.9 Å². The molecule has 1 aliphatic rings. The summed E-state index contributed by atoms with van der Waals surface area (Å²) in [6.07, 6.45) is 3.81. The van der Waals surface area contributed by atoms with Crippen molar-refractivity contribution < 1.29 is 17.6 Å². The van der Waals surface area contributed by atoms with Gasteiger partial charge in [0.05, 0.1) is 10.6 Å². The zero-order valence-electron chi connectivity index (χ0n) is 13.5. The van der Waals surface area contributed by atoms with E-state index in [-0.39, 0.29) is 17.0 Å². The number of carbonyl (C=O) groups excluding carboxylic acids is 1. The van der Waals surface area contributed by atoms with Gasteiger partial charge in [-0.3, -0.25) is 4.79 Å². The van der Waals surface area contributed by atoms with E-state index in [1.165, 1.54) is 24.3 Å². The third kappa shape index (κ3) is 3.68. The van der Waals surface area contributed by atoms with Crippen LogP contribution >= 0.6 is 11.3 Å². The standard InChI is InChI=1S/C15H19N3O4S2/c1-9-14(23-15(16-9)17-10(2)19)12-7-8-13(22-12)24(20,21)18-11-5-3-4-6-11/h7-8,11,18H,3-6H2,1-2H3,(H,16,17,19). The van der Waals surface area contributed by atoms with Gasteiger partial charge in [0.1, 0.15) is 5.76 Å². The zero-order valence-corrected chi connectivity index (χ0v) is 15.1. The Morgan fingerprint density at radius 3 is 2.71 bits per heavy atom. The average Bonchev–Trinajstić information content (AvgIpc) is 3.18. The summed E-state index contributed by atoms with van der Waals surface area (Å²) >= 11 is 1.25. The van der Waals surface area contributed by atoms with Gasteiger partial charge in [-0.15, -0.1) is 0 Å². The molecule has 0 saturated heterocycles. The van der Waals surface area contributed by atoms with Crippen LogP contribution in [0.25, 0.3) is 10.6 Å². The van der Waals surface area contributed by atoms with E-state index in [4.69, 9.17) is 4.42 Å². The van der Waals surface area contributed by atoms with Gasteiger partial charge in [0, 0.05) is 13.0 Å². The molecule has 2 N–H and O–H groups in total. The molecule has 9 heteroatoms. The van der Waals surface area contributed by atoms with Gasteiger partial charge in [-0.1, -0.05) is 24.2 Å². The second-order valence-corrected chi connectivity index (χ2v) is 8.48. The molecule has 0 atom stereocenters. The first-order valence-electron chi connectivity index (χ1n) is 7.73. The summed E-state index contributed by atoms with van der Waals surface area (Å²) < 4.78 is 33.0. The van der Waals surface area contributed by atoms with Gasteiger partial charge >= 0.3 is 0 Å². The molecule has 24 heavy (non-hydrogen) atoms. The normalized spacial score (nSPS) is 15.8. The molecule has 130 valence electrons. The van der Waals surface area contributed by atoms with Crippen LogP contribution in [-0.4, -0.2) is 25.4 Å². The lowest BCUT2D eigenvalue weighted by molar-refractivity contribution is -0.114. The predicted octanol–water partition coefficient (Wildman–Crippen LogP) is 2.89. The summed E-state index contributed by atoms with van der Waals surface area (Å²) in [5.74, 6) is 0.215. The second kappa shape index (κ2) is 6.66. The molecule has 1 saturated carbocycles. The molecule has 0 aromatic carbocycles. The number of nitrogens with one attached hydrogen (secondary N) is 2. The second-order valence-electron chi connectivity index (χ2n) is 5.84. The summed E-state index contributed by atoms with van der Waals surface area (Å²) in [6.45, 7) is 3.19. The van der Waals surface area contributed by atoms with Crippen molar-refractivity contribution in [3.8, 4) is 10.6 Å². The minimum Gasteiger partial charge on any atom is -0.442 e. The summed E-state index contributed by atoms with van der Waals surface area (Å²) in [4.78, 5) is 16.1. The number of aromatic nitrogens is 1. The first-order valence-corrected chi connectivity index (χ1v) is 10.0. The lowest BCUT2D eigenvalue weighted by Gasteiger charge is -2.10. The Balaban J connectivity index is 1.82. The number of aryl methyl sites for hydroxylation is 1. The molecule has 0 spiro atoms. The predicted molar refractivity (Wildman–Crippen MR) is 91.4 cm³/mol. The molecule has 1 amide bonds. The summed E-state index contributed by atoms with van der Waals surface area (Å²) in [5.41, 5.74) is 0.672. The minimum atomic E-state index is -3.66. The summed E-state index contributed by atoms with van der Waals surface area (Å²) in [7, 11) is -3.66. The van der Waals surface area contributed by atoms with Gasteiger partial charge in [-0.2, -0.15) is 0 Å². The molecule has 0 radical (unpaired) electrons. The van der Waals surface area contributed by atoms with Crippen molar-refractivity contribution in [2.45, 2.75) is 50.7 Å². The van der Waals surface area contributed by atoms with Crippen molar-refractivity contribution >= 4 is 32.4 Å². The van der Waals surface area contributed by atoms with Crippen LogP contribution in [0.1, 0.15) is 38.3 Å². The monoisotopic (exact) mass is 369 g/mol. The van der Waals surface area contributed by atoms with Crippen molar-refractivity contribution in [3.63, 3.8) is 0 Å². The van der Waals surface area contributed by atoms with Crippen LogP contribution in [-0.2, 0) is 14.8 Å². The average molecular weight is 369 g/mol. The molecule has 1 fully saturated rings. The Bertz CT molecular complexity index is 848. The van der Waals surface area contributed by atoms with Crippen LogP contribution < -0.4 is 10.0 Å². The lowest BCUT2D eigenvalue weighted by atomic mass is 10.3. The van der Waals surface area contributed by atoms with Gasteiger partial charge in [0.25, 0.3) is 10.0 Å². The van der Waals surface area contributed by atoms with Crippen LogP contribution in [0.4, 0.5) is 5.13 Å². The third-order valence-corrected chi connectivity index (χ3v) is 6.31. The minimum absolute atomic E-state index is 0.0138. The highest BCUT2D eigenvalue weighted by molar-refractivity contribution is 7.89. The van der Waals surface area contributed by atoms with E-state index in [0.29, 0.717) is 21.5 Å². The van der Waals surface area contributed by atoms with Crippen molar-refractivity contribution in [1.29, 1.82) is 0 Å². The molecule has 2 aromatic heterocycles. The quantitative estimate of drug-likeness (QED) is 0.844. The Morgan fingerprint density at radius 1 is 1.33 bits per heavy atom. The fourth-order valence-corrected chi connectivity index (χ4v) is 4.95. The highest BCUT2D eigenvalue weighted by atomic mass is 32.2. The zero-order chi connectivity index (χ0) is 17.3. The number of anilines is 1. The summed E-state index contributed by atoms with van der Waals surface area (Å²) in [6, 6.07) is 3.05. The highest BCUT2D eigenvalue weighted by Gasteiger charge is 2.26. The smallest absolute Gasteiger partial charge is 0.274 e. The van der Waals surface area contributed by atoms with Crippen molar-refractivity contribution in [2.75, 3.05) is 5.32 Å². The van der Waals surface area contributed by atoms with Gasteiger partial charge in [0.2, 0.25) is 11.0 Å². The number of hydrogen-bond donors (Lipinski definition) is 2. The SMILES string of the molecule is CC(=O)Nc1nc(C)c(-c2ccc(S(=O)(=O)NC3CCCC3)o2)s1.